The number of fused-ring (bicyclic) bond motifs is 4. The summed E-state index contributed by atoms with van der Waals surface area (Å²) in [4.78, 5) is 17.4. The standard InChI is InChI=1S/C9H12N6O6S/c1-10-8(13-17)7-6-4(2-11-12-6)5-3-14(7)9(16)15(5)21-22(18,19)20/h2,5,7,17H,3H2,1H3,(H,10,13)(H,11,12)(H,18,19,20). The van der Waals surface area contributed by atoms with Gasteiger partial charge in [0.05, 0.1) is 18.4 Å². The van der Waals surface area contributed by atoms with E-state index >= 15 is 0 Å². The first-order valence-corrected chi connectivity index (χ1v) is 7.40. The molecule has 0 saturated carbocycles. The number of nitrogens with zero attached hydrogens (tertiary/aromatic N) is 4. The molecule has 0 aromatic carbocycles. The van der Waals surface area contributed by atoms with Crippen molar-refractivity contribution in [1.82, 2.24) is 25.6 Å². The first kappa shape index (κ1) is 14.7. The molecule has 1 fully saturated rings. The van der Waals surface area contributed by atoms with Gasteiger partial charge in [-0.1, -0.05) is 0 Å². The zero-order chi connectivity index (χ0) is 16.1. The second-order valence-corrected chi connectivity index (χ2v) is 5.65. The van der Waals surface area contributed by atoms with Gasteiger partial charge in [0.25, 0.3) is 0 Å². The van der Waals surface area contributed by atoms with Gasteiger partial charge in [0.1, 0.15) is 17.9 Å². The van der Waals surface area contributed by atoms with Crippen molar-refractivity contribution in [1.29, 1.82) is 0 Å². The Balaban J connectivity index is 2.07. The fourth-order valence-electron chi connectivity index (χ4n) is 2.69. The summed E-state index contributed by atoms with van der Waals surface area (Å²) in [6.45, 7) is 0.0756. The van der Waals surface area contributed by atoms with E-state index in [-0.39, 0.29) is 12.4 Å². The lowest BCUT2D eigenvalue weighted by atomic mass is 9.97. The molecule has 4 N–H and O–H groups in total. The number of amidine groups is 1. The van der Waals surface area contributed by atoms with Crippen LogP contribution in [0, 0.1) is 0 Å². The van der Waals surface area contributed by atoms with Gasteiger partial charge >= 0.3 is 16.4 Å². The third-order valence-electron chi connectivity index (χ3n) is 3.52. The minimum atomic E-state index is -4.86. The molecule has 2 aliphatic heterocycles. The molecule has 22 heavy (non-hydrogen) atoms. The second-order valence-electron chi connectivity index (χ2n) is 4.64. The number of hydrogen-bond acceptors (Lipinski definition) is 7. The van der Waals surface area contributed by atoms with Crippen molar-refractivity contribution in [3.05, 3.63) is 17.5 Å². The molecule has 2 aliphatic rings. The molecule has 3 heterocycles. The SMILES string of the molecule is CN=C(NO)C1c2[nH]ncc2C2CN1C(=O)N2OS(=O)(=O)O. The lowest BCUT2D eigenvalue weighted by Gasteiger charge is -2.30. The molecule has 13 heteroatoms. The number of aromatic amines is 1. The summed E-state index contributed by atoms with van der Waals surface area (Å²) < 4.78 is 35.0. The number of carbonyl (C=O) groups is 1. The number of H-pyrrole nitrogens is 1. The zero-order valence-electron chi connectivity index (χ0n) is 11.2. The predicted molar refractivity (Wildman–Crippen MR) is 68.9 cm³/mol. The zero-order valence-corrected chi connectivity index (χ0v) is 12.0. The molecule has 120 valence electrons. The molecule has 2 atom stereocenters. The van der Waals surface area contributed by atoms with E-state index in [9.17, 15) is 18.4 Å². The third-order valence-corrected chi connectivity index (χ3v) is 3.87. The van der Waals surface area contributed by atoms with Crippen molar-refractivity contribution >= 4 is 22.3 Å². The van der Waals surface area contributed by atoms with Gasteiger partial charge in [-0.3, -0.25) is 25.3 Å². The van der Waals surface area contributed by atoms with Crippen LogP contribution in [0.3, 0.4) is 0 Å². The van der Waals surface area contributed by atoms with E-state index in [1.807, 2.05) is 5.48 Å². The number of urea groups is 1. The summed E-state index contributed by atoms with van der Waals surface area (Å²) in [5, 5.41) is 16.3. The van der Waals surface area contributed by atoms with Gasteiger partial charge in [0.2, 0.25) is 0 Å². The molecule has 2 bridgehead atoms. The second kappa shape index (κ2) is 4.91. The lowest BCUT2D eigenvalue weighted by Crippen LogP contribution is -2.43. The number of carbonyl (C=O) groups excluding carboxylic acids is 1. The Kier molecular flexibility index (Phi) is 3.28. The molecule has 2 amide bonds. The first-order valence-electron chi connectivity index (χ1n) is 6.04. The van der Waals surface area contributed by atoms with Crippen LogP contribution in [0.4, 0.5) is 4.79 Å². The van der Waals surface area contributed by atoms with Crippen molar-refractivity contribution in [2.45, 2.75) is 12.1 Å². The van der Waals surface area contributed by atoms with Gasteiger partial charge in [0.15, 0.2) is 0 Å². The fourth-order valence-corrected chi connectivity index (χ4v) is 3.06. The van der Waals surface area contributed by atoms with Crippen LogP contribution in [0.1, 0.15) is 23.3 Å². The molecule has 1 aromatic rings. The maximum absolute atomic E-state index is 12.3. The summed E-state index contributed by atoms with van der Waals surface area (Å²) in [6.07, 6.45) is 1.41. The molecule has 1 aromatic heterocycles. The van der Waals surface area contributed by atoms with Crippen LogP contribution >= 0.6 is 0 Å². The molecule has 12 nitrogen and oxygen atoms in total. The van der Waals surface area contributed by atoms with E-state index in [1.165, 1.54) is 18.1 Å². The highest BCUT2D eigenvalue weighted by atomic mass is 32.3. The Morgan fingerprint density at radius 1 is 1.64 bits per heavy atom. The van der Waals surface area contributed by atoms with Gasteiger partial charge in [-0.05, 0) is 0 Å². The quantitative estimate of drug-likeness (QED) is 0.237. The van der Waals surface area contributed by atoms with Crippen LogP contribution in [0.2, 0.25) is 0 Å². The van der Waals surface area contributed by atoms with Crippen LogP contribution in [-0.2, 0) is 14.7 Å². The fraction of sp³-hybridized carbons (Fsp3) is 0.444. The van der Waals surface area contributed by atoms with Crippen molar-refractivity contribution in [3.8, 4) is 0 Å². The normalized spacial score (nSPS) is 24.7. The molecule has 3 rings (SSSR count). The van der Waals surface area contributed by atoms with Gasteiger partial charge < -0.3 is 4.90 Å². The predicted octanol–water partition coefficient (Wildman–Crippen LogP) is -1.02. The molecule has 0 aliphatic carbocycles. The Morgan fingerprint density at radius 2 is 2.36 bits per heavy atom. The first-order chi connectivity index (χ1) is 10.4. The number of aromatic nitrogens is 2. The Labute approximate surface area is 124 Å². The maximum atomic E-state index is 12.3. The summed E-state index contributed by atoms with van der Waals surface area (Å²) in [5.74, 6) is 0.0611. The van der Waals surface area contributed by atoms with E-state index < -0.39 is 28.5 Å². The maximum Gasteiger partial charge on any atom is 0.418 e. The lowest BCUT2D eigenvalue weighted by molar-refractivity contribution is -0.0316. The average molecular weight is 332 g/mol. The summed E-state index contributed by atoms with van der Waals surface area (Å²) in [7, 11) is -3.45. The highest BCUT2D eigenvalue weighted by Crippen LogP contribution is 2.43. The number of amides is 2. The highest BCUT2D eigenvalue weighted by Gasteiger charge is 2.52. The number of hydrogen-bond donors (Lipinski definition) is 4. The van der Waals surface area contributed by atoms with Crippen LogP contribution in [0.15, 0.2) is 11.2 Å². The Hall–Kier alpha value is -2.22. The molecular formula is C9H12N6O6S. The topological polar surface area (TPSA) is 160 Å². The van der Waals surface area contributed by atoms with Gasteiger partial charge in [-0.2, -0.15) is 18.6 Å². The van der Waals surface area contributed by atoms with Gasteiger partial charge in [-0.25, -0.2) is 4.79 Å². The Morgan fingerprint density at radius 3 is 2.95 bits per heavy atom. The molecule has 2 unspecified atom stereocenters. The van der Waals surface area contributed by atoms with E-state index in [2.05, 4.69) is 19.5 Å². The van der Waals surface area contributed by atoms with Crippen LogP contribution < -0.4 is 5.48 Å². The molecule has 0 spiro atoms. The average Bonchev–Trinajstić information content (AvgIpc) is 3.02. The van der Waals surface area contributed by atoms with Crippen LogP contribution in [-0.4, -0.2) is 63.8 Å². The van der Waals surface area contributed by atoms with Crippen LogP contribution in [0.5, 0.6) is 0 Å². The highest BCUT2D eigenvalue weighted by molar-refractivity contribution is 7.80. The van der Waals surface area contributed by atoms with Crippen molar-refractivity contribution < 1.29 is 27.3 Å². The molecular weight excluding hydrogens is 320 g/mol. The minimum absolute atomic E-state index is 0.0611. The monoisotopic (exact) mass is 332 g/mol. The largest absolute Gasteiger partial charge is 0.418 e. The summed E-state index contributed by atoms with van der Waals surface area (Å²) >= 11 is 0. The minimum Gasteiger partial charge on any atom is -0.304 e. The van der Waals surface area contributed by atoms with E-state index in [1.54, 1.807) is 0 Å². The van der Waals surface area contributed by atoms with Crippen molar-refractivity contribution in [2.75, 3.05) is 13.6 Å². The van der Waals surface area contributed by atoms with Gasteiger partial charge in [-0.15, -0.1) is 4.28 Å². The number of hydroxylamine groups is 3. The van der Waals surface area contributed by atoms with Crippen molar-refractivity contribution in [3.63, 3.8) is 0 Å². The number of nitrogens with one attached hydrogen (secondary N) is 2. The van der Waals surface area contributed by atoms with Crippen LogP contribution in [0.25, 0.3) is 0 Å². The molecule has 0 radical (unpaired) electrons. The number of aliphatic imine (C=N–C) groups is 1. The number of rotatable bonds is 3. The van der Waals surface area contributed by atoms with E-state index in [0.29, 0.717) is 16.3 Å². The van der Waals surface area contributed by atoms with E-state index in [4.69, 9.17) is 4.55 Å². The van der Waals surface area contributed by atoms with Gasteiger partial charge in [0, 0.05) is 12.6 Å². The third kappa shape index (κ3) is 2.10. The smallest absolute Gasteiger partial charge is 0.304 e. The summed E-state index contributed by atoms with van der Waals surface area (Å²) in [5.41, 5.74) is 2.84. The summed E-state index contributed by atoms with van der Waals surface area (Å²) in [6, 6.07) is -2.38. The molecule has 1 saturated heterocycles. The van der Waals surface area contributed by atoms with E-state index in [0.717, 1.165) is 0 Å². The van der Waals surface area contributed by atoms with Crippen molar-refractivity contribution in [2.24, 2.45) is 4.99 Å². The Bertz CT molecular complexity index is 744.